The number of non-ortho nitro benzene ring substituents is 1. The van der Waals surface area contributed by atoms with Gasteiger partial charge in [-0.2, -0.15) is 0 Å². The summed E-state index contributed by atoms with van der Waals surface area (Å²) in [6.07, 6.45) is 2.68. The summed E-state index contributed by atoms with van der Waals surface area (Å²) in [6.45, 7) is 0. The van der Waals surface area contributed by atoms with Crippen molar-refractivity contribution in [3.63, 3.8) is 0 Å². The largest absolute Gasteiger partial charge is 0.466 e. The molecule has 1 aromatic carbocycles. The van der Waals surface area contributed by atoms with Crippen LogP contribution in [0.5, 0.6) is 0 Å². The van der Waals surface area contributed by atoms with E-state index in [9.17, 15) is 14.9 Å². The minimum absolute atomic E-state index is 0.0962. The first-order valence-electron chi connectivity index (χ1n) is 5.81. The molecule has 0 atom stereocenters. The van der Waals surface area contributed by atoms with Crippen molar-refractivity contribution in [3.8, 4) is 11.3 Å². The number of hydrogen-bond acceptors (Lipinski definition) is 5. The summed E-state index contributed by atoms with van der Waals surface area (Å²) in [6, 6.07) is 7.40. The van der Waals surface area contributed by atoms with Crippen molar-refractivity contribution in [2.75, 3.05) is 7.11 Å². The number of nitrogens with zero attached hydrogens (tertiary/aromatic N) is 1. The maximum absolute atomic E-state index is 11.0. The first-order chi connectivity index (χ1) is 10.0. The lowest BCUT2D eigenvalue weighted by atomic mass is 10.1. The Morgan fingerprint density at radius 2 is 2.14 bits per heavy atom. The molecule has 0 aliphatic rings. The fourth-order valence-corrected chi connectivity index (χ4v) is 1.89. The van der Waals surface area contributed by atoms with Gasteiger partial charge < -0.3 is 9.15 Å². The van der Waals surface area contributed by atoms with Gasteiger partial charge in [0.25, 0.3) is 5.69 Å². The van der Waals surface area contributed by atoms with E-state index in [1.165, 1.54) is 37.5 Å². The predicted octanol–water partition coefficient (Wildman–Crippen LogP) is 3.69. The normalized spacial score (nSPS) is 10.8. The number of carbonyl (C=O) groups is 1. The van der Waals surface area contributed by atoms with Crippen LogP contribution in [0.15, 0.2) is 40.8 Å². The third-order valence-corrected chi connectivity index (χ3v) is 2.95. The minimum atomic E-state index is -0.525. The molecule has 0 spiro atoms. The number of halogens is 1. The van der Waals surface area contributed by atoms with Crippen molar-refractivity contribution in [1.82, 2.24) is 0 Å². The Kier molecular flexibility index (Phi) is 4.39. The van der Waals surface area contributed by atoms with Gasteiger partial charge in [0.05, 0.1) is 17.1 Å². The van der Waals surface area contributed by atoms with Crippen LogP contribution in [-0.4, -0.2) is 18.0 Å². The number of benzene rings is 1. The summed E-state index contributed by atoms with van der Waals surface area (Å²) in [4.78, 5) is 21.1. The Balaban J connectivity index is 2.27. The van der Waals surface area contributed by atoms with Crippen LogP contribution in [0.2, 0.25) is 5.02 Å². The van der Waals surface area contributed by atoms with Gasteiger partial charge in [-0.05, 0) is 24.3 Å². The van der Waals surface area contributed by atoms with Gasteiger partial charge in [-0.1, -0.05) is 11.6 Å². The lowest BCUT2D eigenvalue weighted by Crippen LogP contribution is -1.92. The number of hydrogen-bond donors (Lipinski definition) is 0. The highest BCUT2D eigenvalue weighted by Crippen LogP contribution is 2.32. The number of nitro groups is 1. The summed E-state index contributed by atoms with van der Waals surface area (Å²) in [5, 5.41) is 10.9. The molecule has 0 N–H and O–H groups in total. The minimum Gasteiger partial charge on any atom is -0.466 e. The molecule has 0 saturated heterocycles. The van der Waals surface area contributed by atoms with Gasteiger partial charge in [0.2, 0.25) is 0 Å². The predicted molar refractivity (Wildman–Crippen MR) is 76.9 cm³/mol. The molecule has 6 nitrogen and oxygen atoms in total. The summed E-state index contributed by atoms with van der Waals surface area (Å²) in [5.74, 6) is 0.380. The number of ether oxygens (including phenoxy) is 1. The van der Waals surface area contributed by atoms with E-state index in [0.29, 0.717) is 17.1 Å². The van der Waals surface area contributed by atoms with Crippen LogP contribution in [-0.2, 0) is 9.53 Å². The van der Waals surface area contributed by atoms with Gasteiger partial charge in [-0.25, -0.2) is 4.79 Å². The molecule has 2 rings (SSSR count). The first-order valence-corrected chi connectivity index (χ1v) is 6.19. The van der Waals surface area contributed by atoms with E-state index in [-0.39, 0.29) is 10.7 Å². The Bertz CT molecular complexity index is 720. The zero-order valence-corrected chi connectivity index (χ0v) is 11.7. The van der Waals surface area contributed by atoms with Gasteiger partial charge in [0.1, 0.15) is 11.5 Å². The van der Waals surface area contributed by atoms with Crippen molar-refractivity contribution in [2.45, 2.75) is 0 Å². The van der Waals surface area contributed by atoms with Crippen LogP contribution >= 0.6 is 11.6 Å². The van der Waals surface area contributed by atoms with Gasteiger partial charge >= 0.3 is 5.97 Å². The second-order valence-electron chi connectivity index (χ2n) is 3.98. The maximum Gasteiger partial charge on any atom is 0.330 e. The quantitative estimate of drug-likeness (QED) is 0.372. The van der Waals surface area contributed by atoms with Crippen LogP contribution in [0.1, 0.15) is 5.76 Å². The molecule has 0 aliphatic carbocycles. The highest BCUT2D eigenvalue weighted by molar-refractivity contribution is 6.33. The number of furan rings is 1. The summed E-state index contributed by atoms with van der Waals surface area (Å²) < 4.78 is 9.96. The molecule has 0 saturated carbocycles. The van der Waals surface area contributed by atoms with E-state index >= 15 is 0 Å². The van der Waals surface area contributed by atoms with Crippen molar-refractivity contribution >= 4 is 29.3 Å². The molecule has 0 radical (unpaired) electrons. The number of carbonyl (C=O) groups excluding carboxylic acids is 1. The van der Waals surface area contributed by atoms with Crippen LogP contribution in [0.25, 0.3) is 17.4 Å². The fourth-order valence-electron chi connectivity index (χ4n) is 1.62. The van der Waals surface area contributed by atoms with Crippen molar-refractivity contribution < 1.29 is 18.9 Å². The molecule has 108 valence electrons. The van der Waals surface area contributed by atoms with Crippen molar-refractivity contribution in [2.24, 2.45) is 0 Å². The van der Waals surface area contributed by atoms with Crippen molar-refractivity contribution in [1.29, 1.82) is 0 Å². The van der Waals surface area contributed by atoms with Crippen LogP contribution in [0.4, 0.5) is 5.69 Å². The second kappa shape index (κ2) is 6.23. The zero-order chi connectivity index (χ0) is 15.4. The summed E-state index contributed by atoms with van der Waals surface area (Å²) >= 11 is 6.01. The summed E-state index contributed by atoms with van der Waals surface area (Å²) in [5.41, 5.74) is 0.432. The van der Waals surface area contributed by atoms with Gasteiger partial charge in [0, 0.05) is 23.8 Å². The molecular weight excluding hydrogens is 298 g/mol. The standard InChI is InChI=1S/C14H10ClNO5/c1-20-14(17)7-4-10-3-6-13(21-10)11-5-2-9(16(18)19)8-12(11)15/h2-8H,1H3/b7-4+. The molecule has 7 heteroatoms. The molecule has 0 bridgehead atoms. The molecule has 1 aromatic heterocycles. The number of esters is 1. The van der Waals surface area contributed by atoms with E-state index in [0.717, 1.165) is 0 Å². The lowest BCUT2D eigenvalue weighted by Gasteiger charge is -2.00. The Labute approximate surface area is 124 Å². The third kappa shape index (κ3) is 3.49. The molecule has 1 heterocycles. The molecule has 0 amide bonds. The monoisotopic (exact) mass is 307 g/mol. The van der Waals surface area contributed by atoms with Gasteiger partial charge in [-0.15, -0.1) is 0 Å². The third-order valence-electron chi connectivity index (χ3n) is 2.64. The van der Waals surface area contributed by atoms with E-state index in [4.69, 9.17) is 16.0 Å². The molecule has 0 fully saturated rings. The number of rotatable bonds is 4. The summed E-state index contributed by atoms with van der Waals surface area (Å²) in [7, 11) is 1.27. The van der Waals surface area contributed by atoms with E-state index in [2.05, 4.69) is 4.74 Å². The molecule has 0 unspecified atom stereocenters. The van der Waals surface area contributed by atoms with Crippen LogP contribution in [0.3, 0.4) is 0 Å². The van der Waals surface area contributed by atoms with Gasteiger partial charge in [-0.3, -0.25) is 10.1 Å². The Morgan fingerprint density at radius 1 is 1.38 bits per heavy atom. The highest BCUT2D eigenvalue weighted by atomic mass is 35.5. The molecule has 2 aromatic rings. The van der Waals surface area contributed by atoms with Gasteiger partial charge in [0.15, 0.2) is 0 Å². The van der Waals surface area contributed by atoms with E-state index in [1.54, 1.807) is 12.1 Å². The number of nitro benzene ring substituents is 1. The molecular formula is C14H10ClNO5. The van der Waals surface area contributed by atoms with E-state index in [1.807, 2.05) is 0 Å². The first kappa shape index (κ1) is 14.8. The Hall–Kier alpha value is -2.60. The SMILES string of the molecule is COC(=O)/C=C/c1ccc(-c2ccc([N+](=O)[O-])cc2Cl)o1. The maximum atomic E-state index is 11.0. The van der Waals surface area contributed by atoms with Crippen molar-refractivity contribution in [3.05, 3.63) is 57.3 Å². The molecule has 0 aliphatic heterocycles. The van der Waals surface area contributed by atoms with Crippen LogP contribution < -0.4 is 0 Å². The topological polar surface area (TPSA) is 82.6 Å². The molecule has 21 heavy (non-hydrogen) atoms. The second-order valence-corrected chi connectivity index (χ2v) is 4.39. The zero-order valence-electron chi connectivity index (χ0n) is 10.9. The lowest BCUT2D eigenvalue weighted by molar-refractivity contribution is -0.384. The highest BCUT2D eigenvalue weighted by Gasteiger charge is 2.13. The van der Waals surface area contributed by atoms with Crippen LogP contribution in [0, 0.1) is 10.1 Å². The number of methoxy groups -OCH3 is 1. The smallest absolute Gasteiger partial charge is 0.330 e. The Morgan fingerprint density at radius 3 is 2.76 bits per heavy atom. The average Bonchev–Trinajstić information content (AvgIpc) is 2.93. The fraction of sp³-hybridized carbons (Fsp3) is 0.0714. The van der Waals surface area contributed by atoms with E-state index < -0.39 is 10.9 Å². The average molecular weight is 308 g/mol.